The number of aromatic nitrogens is 4. The summed E-state index contributed by atoms with van der Waals surface area (Å²) in [4.78, 5) is 24.8. The van der Waals surface area contributed by atoms with Gasteiger partial charge in [-0.2, -0.15) is 13.2 Å². The number of hydrogen-bond acceptors (Lipinski definition) is 4. The van der Waals surface area contributed by atoms with E-state index in [2.05, 4.69) is 15.0 Å². The Labute approximate surface area is 164 Å². The number of ether oxygens (including phenoxy) is 1. The van der Waals surface area contributed by atoms with Crippen LogP contribution in [-0.2, 0) is 17.4 Å². The number of nitrogens with one attached hydrogen (secondary N) is 1. The molecule has 0 unspecified atom stereocenters. The summed E-state index contributed by atoms with van der Waals surface area (Å²) >= 11 is 0. The number of para-hydroxylation sites is 1. The van der Waals surface area contributed by atoms with Crippen LogP contribution in [0.4, 0.5) is 13.2 Å². The van der Waals surface area contributed by atoms with Crippen molar-refractivity contribution in [2.24, 2.45) is 0 Å². The highest BCUT2D eigenvalue weighted by Gasteiger charge is 2.40. The van der Waals surface area contributed by atoms with E-state index in [0.29, 0.717) is 42.9 Å². The average molecular weight is 407 g/mol. The number of H-pyrrole nitrogens is 1. The van der Waals surface area contributed by atoms with Crippen LogP contribution in [0, 0.1) is 0 Å². The second-order valence-corrected chi connectivity index (χ2v) is 7.00. The van der Waals surface area contributed by atoms with E-state index in [1.165, 1.54) is 18.0 Å². The highest BCUT2D eigenvalue weighted by molar-refractivity contribution is 5.83. The van der Waals surface area contributed by atoms with Crippen LogP contribution in [0.15, 0.2) is 30.7 Å². The van der Waals surface area contributed by atoms with Gasteiger partial charge in [-0.05, 0) is 25.0 Å². The number of benzene rings is 1. The van der Waals surface area contributed by atoms with Crippen molar-refractivity contribution in [2.75, 3.05) is 20.2 Å². The molecule has 7 nitrogen and oxygen atoms in total. The van der Waals surface area contributed by atoms with Gasteiger partial charge in [-0.25, -0.2) is 9.97 Å². The Balaban J connectivity index is 1.58. The summed E-state index contributed by atoms with van der Waals surface area (Å²) in [6.45, 7) is 0.775. The summed E-state index contributed by atoms with van der Waals surface area (Å²) in [5, 5.41) is 0. The molecule has 154 valence electrons. The van der Waals surface area contributed by atoms with Crippen molar-refractivity contribution in [2.45, 2.75) is 31.5 Å². The normalized spacial score (nSPS) is 15.8. The van der Waals surface area contributed by atoms with Gasteiger partial charge in [0.25, 0.3) is 0 Å². The lowest BCUT2D eigenvalue weighted by atomic mass is 10.0. The van der Waals surface area contributed by atoms with Crippen LogP contribution in [0.2, 0.25) is 0 Å². The third kappa shape index (κ3) is 3.66. The number of nitrogens with zero attached hydrogens (tertiary/aromatic N) is 4. The van der Waals surface area contributed by atoms with Crippen molar-refractivity contribution in [3.05, 3.63) is 42.2 Å². The van der Waals surface area contributed by atoms with Gasteiger partial charge in [0.2, 0.25) is 11.7 Å². The number of carbonyl (C=O) groups is 1. The molecule has 1 aromatic carbocycles. The second-order valence-electron chi connectivity index (χ2n) is 7.00. The Bertz CT molecular complexity index is 1000. The van der Waals surface area contributed by atoms with Crippen molar-refractivity contribution in [3.63, 3.8) is 0 Å². The minimum absolute atomic E-state index is 0.0686. The fraction of sp³-hybridized carbons (Fsp3) is 0.421. The molecule has 1 aliphatic heterocycles. The SMILES string of the molecule is COc1cccc2c1nc(C(F)(F)F)n2C1CCN(C(=O)Cc2cnc[nH]2)CC1. The lowest BCUT2D eigenvalue weighted by Crippen LogP contribution is -2.40. The molecule has 3 aromatic rings. The molecule has 1 amide bonds. The number of rotatable bonds is 4. The van der Waals surface area contributed by atoms with Gasteiger partial charge >= 0.3 is 6.18 Å². The summed E-state index contributed by atoms with van der Waals surface area (Å²) in [5.41, 5.74) is 1.29. The number of likely N-dealkylation sites (tertiary alicyclic amines) is 1. The van der Waals surface area contributed by atoms with E-state index in [1.807, 2.05) is 0 Å². The first-order chi connectivity index (χ1) is 13.9. The lowest BCUT2D eigenvalue weighted by Gasteiger charge is -2.33. The monoisotopic (exact) mass is 407 g/mol. The van der Waals surface area contributed by atoms with Gasteiger partial charge in [-0.1, -0.05) is 6.07 Å². The van der Waals surface area contributed by atoms with E-state index in [0.717, 1.165) is 0 Å². The highest BCUT2D eigenvalue weighted by atomic mass is 19.4. The first-order valence-electron chi connectivity index (χ1n) is 9.25. The zero-order valence-electron chi connectivity index (χ0n) is 15.7. The molecule has 0 atom stereocenters. The van der Waals surface area contributed by atoms with Crippen LogP contribution >= 0.6 is 0 Å². The minimum Gasteiger partial charge on any atom is -0.494 e. The van der Waals surface area contributed by atoms with E-state index in [4.69, 9.17) is 4.74 Å². The molecule has 1 N–H and O–H groups in total. The summed E-state index contributed by atoms with van der Waals surface area (Å²) in [5.74, 6) is -0.695. The number of methoxy groups -OCH3 is 1. The molecule has 0 spiro atoms. The number of piperidine rings is 1. The van der Waals surface area contributed by atoms with E-state index in [1.54, 1.807) is 29.3 Å². The number of carbonyl (C=O) groups excluding carboxylic acids is 1. The van der Waals surface area contributed by atoms with Crippen molar-refractivity contribution < 1.29 is 22.7 Å². The molecule has 0 aliphatic carbocycles. The van der Waals surface area contributed by atoms with E-state index >= 15 is 0 Å². The first-order valence-corrected chi connectivity index (χ1v) is 9.25. The molecule has 10 heteroatoms. The quantitative estimate of drug-likeness (QED) is 0.721. The molecule has 2 aromatic heterocycles. The van der Waals surface area contributed by atoms with E-state index < -0.39 is 18.0 Å². The fourth-order valence-corrected chi connectivity index (χ4v) is 3.86. The standard InChI is InChI=1S/C19H20F3N5O2/c1-29-15-4-2-3-14-17(15)25-18(19(20,21)22)27(14)13-5-7-26(8-6-13)16(28)9-12-10-23-11-24-12/h2-4,10-11,13H,5-9H2,1H3,(H,23,24). The molecule has 29 heavy (non-hydrogen) atoms. The zero-order chi connectivity index (χ0) is 20.6. The van der Waals surface area contributed by atoms with Gasteiger partial charge in [0, 0.05) is 31.0 Å². The van der Waals surface area contributed by atoms with E-state index in [9.17, 15) is 18.0 Å². The van der Waals surface area contributed by atoms with Crippen LogP contribution < -0.4 is 4.74 Å². The van der Waals surface area contributed by atoms with Gasteiger partial charge in [-0.3, -0.25) is 4.79 Å². The minimum atomic E-state index is -4.59. The molecule has 0 saturated carbocycles. The molecule has 3 heterocycles. The molecule has 1 aliphatic rings. The maximum absolute atomic E-state index is 13.7. The van der Waals surface area contributed by atoms with Gasteiger partial charge in [0.15, 0.2) is 0 Å². The van der Waals surface area contributed by atoms with Crippen LogP contribution in [0.5, 0.6) is 5.75 Å². The largest absolute Gasteiger partial charge is 0.494 e. The highest BCUT2D eigenvalue weighted by Crippen LogP contribution is 2.38. The van der Waals surface area contributed by atoms with Crippen molar-refractivity contribution in [1.29, 1.82) is 0 Å². The van der Waals surface area contributed by atoms with Crippen molar-refractivity contribution >= 4 is 16.9 Å². The smallest absolute Gasteiger partial charge is 0.449 e. The number of imidazole rings is 2. The third-order valence-electron chi connectivity index (χ3n) is 5.24. The molecule has 0 bridgehead atoms. The van der Waals surface area contributed by atoms with Crippen LogP contribution in [0.3, 0.4) is 0 Å². The number of halogens is 3. The van der Waals surface area contributed by atoms with Gasteiger partial charge < -0.3 is 19.2 Å². The number of aromatic amines is 1. The summed E-state index contributed by atoms with van der Waals surface area (Å²) in [6.07, 6.45) is -0.459. The molecular formula is C19H20F3N5O2. The summed E-state index contributed by atoms with van der Waals surface area (Å²) in [7, 11) is 1.41. The van der Waals surface area contributed by atoms with Gasteiger partial charge in [0.05, 0.1) is 25.4 Å². The third-order valence-corrected chi connectivity index (χ3v) is 5.24. The number of alkyl halides is 3. The van der Waals surface area contributed by atoms with Gasteiger partial charge in [-0.15, -0.1) is 0 Å². The van der Waals surface area contributed by atoms with Crippen LogP contribution in [-0.4, -0.2) is 50.5 Å². The van der Waals surface area contributed by atoms with Crippen LogP contribution in [0.1, 0.15) is 30.4 Å². The first kappa shape index (κ1) is 19.3. The molecule has 0 radical (unpaired) electrons. The lowest BCUT2D eigenvalue weighted by molar-refractivity contribution is -0.148. The Morgan fingerprint density at radius 1 is 1.31 bits per heavy atom. The Hall–Kier alpha value is -3.04. The maximum atomic E-state index is 13.7. The Kier molecular flexibility index (Phi) is 4.93. The molecule has 1 fully saturated rings. The number of fused-ring (bicyclic) bond motifs is 1. The molecule has 1 saturated heterocycles. The summed E-state index contributed by atoms with van der Waals surface area (Å²) < 4.78 is 47.5. The van der Waals surface area contributed by atoms with E-state index in [-0.39, 0.29) is 17.8 Å². The Morgan fingerprint density at radius 2 is 2.07 bits per heavy atom. The number of amides is 1. The molecule has 4 rings (SSSR count). The maximum Gasteiger partial charge on any atom is 0.449 e. The predicted octanol–water partition coefficient (Wildman–Crippen LogP) is 3.19. The fourth-order valence-electron chi connectivity index (χ4n) is 3.86. The van der Waals surface area contributed by atoms with Crippen molar-refractivity contribution in [1.82, 2.24) is 24.4 Å². The zero-order valence-corrected chi connectivity index (χ0v) is 15.7. The summed E-state index contributed by atoms with van der Waals surface area (Å²) in [6, 6.07) is 4.47. The topological polar surface area (TPSA) is 76.0 Å². The number of hydrogen-bond donors (Lipinski definition) is 1. The van der Waals surface area contributed by atoms with Crippen molar-refractivity contribution in [3.8, 4) is 5.75 Å². The molecular weight excluding hydrogens is 387 g/mol. The average Bonchev–Trinajstić information content (AvgIpc) is 3.35. The predicted molar refractivity (Wildman–Crippen MR) is 98.4 cm³/mol. The second kappa shape index (κ2) is 7.41. The van der Waals surface area contributed by atoms with Gasteiger partial charge in [0.1, 0.15) is 11.3 Å². The van der Waals surface area contributed by atoms with Crippen LogP contribution in [0.25, 0.3) is 11.0 Å². The Morgan fingerprint density at radius 3 is 2.69 bits per heavy atom.